The Morgan fingerprint density at radius 1 is 1.14 bits per heavy atom. The lowest BCUT2D eigenvalue weighted by atomic mass is 10.0. The van der Waals surface area contributed by atoms with Gasteiger partial charge in [0.1, 0.15) is 5.82 Å². The van der Waals surface area contributed by atoms with Gasteiger partial charge in [-0.25, -0.2) is 4.98 Å². The standard InChI is InChI=1S/C18H21N3/c1-12-10-13(2)18-16(11-12)20-17(21-18)9-8-15(19)14-6-4-3-5-7-14/h3-7,10-11,15H,8-9,19H2,1-2H3,(H,20,21). The third-order valence-electron chi connectivity index (χ3n) is 3.89. The Kier molecular flexibility index (Phi) is 3.76. The molecule has 21 heavy (non-hydrogen) atoms. The Bertz CT molecular complexity index is 744. The van der Waals surface area contributed by atoms with E-state index >= 15 is 0 Å². The van der Waals surface area contributed by atoms with Gasteiger partial charge in [0.25, 0.3) is 0 Å². The molecule has 108 valence electrons. The number of aromatic amines is 1. The number of hydrogen-bond acceptors (Lipinski definition) is 2. The molecule has 0 aliphatic heterocycles. The van der Waals surface area contributed by atoms with Crippen LogP contribution in [0.2, 0.25) is 0 Å². The summed E-state index contributed by atoms with van der Waals surface area (Å²) in [6.07, 6.45) is 1.76. The van der Waals surface area contributed by atoms with Crippen LogP contribution < -0.4 is 5.73 Å². The maximum absolute atomic E-state index is 6.25. The fourth-order valence-electron chi connectivity index (χ4n) is 2.80. The summed E-state index contributed by atoms with van der Waals surface area (Å²) in [7, 11) is 0. The van der Waals surface area contributed by atoms with Crippen molar-refractivity contribution in [1.82, 2.24) is 9.97 Å². The first-order valence-corrected chi connectivity index (χ1v) is 7.40. The molecule has 1 aromatic heterocycles. The molecule has 0 saturated heterocycles. The molecule has 0 amide bonds. The van der Waals surface area contributed by atoms with Gasteiger partial charge in [-0.05, 0) is 43.0 Å². The molecule has 3 nitrogen and oxygen atoms in total. The van der Waals surface area contributed by atoms with Gasteiger partial charge in [-0.15, -0.1) is 0 Å². The Hall–Kier alpha value is -2.13. The highest BCUT2D eigenvalue weighted by atomic mass is 14.9. The van der Waals surface area contributed by atoms with Gasteiger partial charge < -0.3 is 10.7 Å². The number of hydrogen-bond donors (Lipinski definition) is 2. The van der Waals surface area contributed by atoms with Crippen LogP contribution in [0, 0.1) is 13.8 Å². The minimum atomic E-state index is 0.0576. The van der Waals surface area contributed by atoms with E-state index in [-0.39, 0.29) is 6.04 Å². The number of imidazole rings is 1. The summed E-state index contributed by atoms with van der Waals surface area (Å²) in [5.74, 6) is 1.02. The number of nitrogens with two attached hydrogens (primary N) is 1. The molecule has 3 N–H and O–H groups in total. The molecule has 0 saturated carbocycles. The highest BCUT2D eigenvalue weighted by Gasteiger charge is 2.09. The van der Waals surface area contributed by atoms with Gasteiger partial charge >= 0.3 is 0 Å². The van der Waals surface area contributed by atoms with Crippen LogP contribution in [0.1, 0.15) is 35.0 Å². The van der Waals surface area contributed by atoms with Crippen LogP contribution >= 0.6 is 0 Å². The molecule has 3 heteroatoms. The fraction of sp³-hybridized carbons (Fsp3) is 0.278. The van der Waals surface area contributed by atoms with E-state index in [1.54, 1.807) is 0 Å². The number of aryl methyl sites for hydroxylation is 3. The van der Waals surface area contributed by atoms with E-state index in [1.165, 1.54) is 16.7 Å². The lowest BCUT2D eigenvalue weighted by Crippen LogP contribution is -2.11. The van der Waals surface area contributed by atoms with E-state index in [1.807, 2.05) is 18.2 Å². The number of H-pyrrole nitrogens is 1. The molecule has 0 aliphatic carbocycles. The lowest BCUT2D eigenvalue weighted by molar-refractivity contribution is 0.639. The van der Waals surface area contributed by atoms with Crippen molar-refractivity contribution < 1.29 is 0 Å². The molecule has 1 unspecified atom stereocenters. The number of aromatic nitrogens is 2. The first-order valence-electron chi connectivity index (χ1n) is 7.40. The maximum atomic E-state index is 6.25. The Morgan fingerprint density at radius 3 is 2.67 bits per heavy atom. The molecule has 2 aromatic carbocycles. The molecule has 0 aliphatic rings. The third-order valence-corrected chi connectivity index (χ3v) is 3.89. The number of rotatable bonds is 4. The molecule has 0 fully saturated rings. The predicted octanol–water partition coefficient (Wildman–Crippen LogP) is 3.81. The minimum absolute atomic E-state index is 0.0576. The largest absolute Gasteiger partial charge is 0.342 e. The Morgan fingerprint density at radius 2 is 1.90 bits per heavy atom. The van der Waals surface area contributed by atoms with Crippen molar-refractivity contribution in [2.45, 2.75) is 32.7 Å². The second-order valence-electron chi connectivity index (χ2n) is 5.72. The Labute approximate surface area is 125 Å². The molecule has 3 rings (SSSR count). The average molecular weight is 279 g/mol. The first-order chi connectivity index (χ1) is 10.1. The lowest BCUT2D eigenvalue weighted by Gasteiger charge is -2.10. The average Bonchev–Trinajstić information content (AvgIpc) is 2.89. The number of fused-ring (bicyclic) bond motifs is 1. The molecule has 3 aromatic rings. The highest BCUT2D eigenvalue weighted by molar-refractivity contribution is 5.79. The zero-order valence-corrected chi connectivity index (χ0v) is 12.6. The quantitative estimate of drug-likeness (QED) is 0.763. The normalized spacial score (nSPS) is 12.7. The van der Waals surface area contributed by atoms with Crippen LogP contribution in [-0.4, -0.2) is 9.97 Å². The zero-order valence-electron chi connectivity index (χ0n) is 12.6. The molecule has 0 spiro atoms. The summed E-state index contributed by atoms with van der Waals surface area (Å²) >= 11 is 0. The number of nitrogens with zero attached hydrogens (tertiary/aromatic N) is 1. The van der Waals surface area contributed by atoms with Crippen molar-refractivity contribution in [2.75, 3.05) is 0 Å². The van der Waals surface area contributed by atoms with Gasteiger partial charge in [-0.1, -0.05) is 36.4 Å². The summed E-state index contributed by atoms with van der Waals surface area (Å²) in [6, 6.07) is 14.6. The number of nitrogens with one attached hydrogen (secondary N) is 1. The molecule has 1 heterocycles. The second-order valence-corrected chi connectivity index (χ2v) is 5.72. The third kappa shape index (κ3) is 2.98. The van der Waals surface area contributed by atoms with Crippen LogP contribution in [0.5, 0.6) is 0 Å². The van der Waals surface area contributed by atoms with Gasteiger partial charge in [-0.2, -0.15) is 0 Å². The van der Waals surface area contributed by atoms with Gasteiger partial charge in [0, 0.05) is 12.5 Å². The summed E-state index contributed by atoms with van der Waals surface area (Å²) in [4.78, 5) is 8.13. The van der Waals surface area contributed by atoms with Crippen LogP contribution in [0.25, 0.3) is 11.0 Å². The SMILES string of the molecule is Cc1cc(C)c2nc(CCC(N)c3ccccc3)[nH]c2c1. The van der Waals surface area contributed by atoms with E-state index in [2.05, 4.69) is 43.1 Å². The predicted molar refractivity (Wildman–Crippen MR) is 87.3 cm³/mol. The summed E-state index contributed by atoms with van der Waals surface area (Å²) in [6.45, 7) is 4.22. The van der Waals surface area contributed by atoms with Crippen LogP contribution in [0.15, 0.2) is 42.5 Å². The fourth-order valence-corrected chi connectivity index (χ4v) is 2.80. The topological polar surface area (TPSA) is 54.7 Å². The van der Waals surface area contributed by atoms with E-state index in [0.29, 0.717) is 0 Å². The highest BCUT2D eigenvalue weighted by Crippen LogP contribution is 2.20. The Balaban J connectivity index is 1.75. The van der Waals surface area contributed by atoms with Crippen molar-refractivity contribution in [3.8, 4) is 0 Å². The summed E-state index contributed by atoms with van der Waals surface area (Å²) in [5, 5.41) is 0. The second kappa shape index (κ2) is 5.70. The smallest absolute Gasteiger partial charge is 0.107 e. The van der Waals surface area contributed by atoms with Gasteiger partial charge in [0.15, 0.2) is 0 Å². The van der Waals surface area contributed by atoms with E-state index < -0.39 is 0 Å². The maximum Gasteiger partial charge on any atom is 0.107 e. The first kappa shape index (κ1) is 13.8. The zero-order chi connectivity index (χ0) is 14.8. The van der Waals surface area contributed by atoms with Crippen LogP contribution in [0.4, 0.5) is 0 Å². The van der Waals surface area contributed by atoms with Gasteiger partial charge in [-0.3, -0.25) is 0 Å². The van der Waals surface area contributed by atoms with E-state index in [4.69, 9.17) is 10.7 Å². The van der Waals surface area contributed by atoms with Crippen molar-refractivity contribution in [3.63, 3.8) is 0 Å². The van der Waals surface area contributed by atoms with E-state index in [9.17, 15) is 0 Å². The summed E-state index contributed by atoms with van der Waals surface area (Å²) < 4.78 is 0. The number of benzene rings is 2. The monoisotopic (exact) mass is 279 g/mol. The molecular formula is C18H21N3. The van der Waals surface area contributed by atoms with Gasteiger partial charge in [0.05, 0.1) is 11.0 Å². The summed E-state index contributed by atoms with van der Waals surface area (Å²) in [5.41, 5.74) is 12.1. The van der Waals surface area contributed by atoms with Crippen LogP contribution in [0.3, 0.4) is 0 Å². The molecule has 0 bridgehead atoms. The minimum Gasteiger partial charge on any atom is -0.342 e. The van der Waals surface area contributed by atoms with Crippen LogP contribution in [-0.2, 0) is 6.42 Å². The van der Waals surface area contributed by atoms with Gasteiger partial charge in [0.2, 0.25) is 0 Å². The molecular weight excluding hydrogens is 258 g/mol. The van der Waals surface area contributed by atoms with Crippen molar-refractivity contribution in [1.29, 1.82) is 0 Å². The van der Waals surface area contributed by atoms with Crippen molar-refractivity contribution in [2.24, 2.45) is 5.73 Å². The molecule has 1 atom stereocenters. The van der Waals surface area contributed by atoms with Crippen molar-refractivity contribution in [3.05, 3.63) is 65.0 Å². The van der Waals surface area contributed by atoms with Crippen molar-refractivity contribution >= 4 is 11.0 Å². The molecule has 0 radical (unpaired) electrons. The van der Waals surface area contributed by atoms with E-state index in [0.717, 1.165) is 29.7 Å².